The molecule has 3 aromatic rings. The molecule has 0 bridgehead atoms. The lowest BCUT2D eigenvalue weighted by atomic mass is 9.84. The molecule has 2 aromatic carbocycles. The first-order valence-electron chi connectivity index (χ1n) is 10.4. The zero-order chi connectivity index (χ0) is 19.2. The van der Waals surface area contributed by atoms with Crippen molar-refractivity contribution in [2.75, 3.05) is 7.11 Å². The van der Waals surface area contributed by atoms with Crippen molar-refractivity contribution >= 4 is 0 Å². The summed E-state index contributed by atoms with van der Waals surface area (Å²) in [4.78, 5) is 4.18. The molecule has 1 aliphatic rings. The first-order valence-corrected chi connectivity index (χ1v) is 10.4. The highest BCUT2D eigenvalue weighted by Crippen LogP contribution is 2.35. The van der Waals surface area contributed by atoms with E-state index in [9.17, 15) is 0 Å². The van der Waals surface area contributed by atoms with Crippen LogP contribution in [-0.4, -0.2) is 12.1 Å². The van der Waals surface area contributed by atoms with E-state index < -0.39 is 0 Å². The molecule has 144 valence electrons. The van der Waals surface area contributed by atoms with Crippen molar-refractivity contribution in [2.24, 2.45) is 5.92 Å². The highest BCUT2D eigenvalue weighted by atomic mass is 16.5. The SMILES string of the molecule is COc1ccc([C@@H](Cc2ccncc2)c2ccccc2)cc1CC1CCCC1. The van der Waals surface area contributed by atoms with E-state index in [1.165, 1.54) is 47.9 Å². The number of hydrogen-bond acceptors (Lipinski definition) is 2. The van der Waals surface area contributed by atoms with Gasteiger partial charge in [0.15, 0.2) is 0 Å². The number of methoxy groups -OCH3 is 1. The van der Waals surface area contributed by atoms with E-state index in [2.05, 4.69) is 65.6 Å². The molecule has 1 atom stereocenters. The van der Waals surface area contributed by atoms with Gasteiger partial charge in [-0.25, -0.2) is 0 Å². The Labute approximate surface area is 168 Å². The lowest BCUT2D eigenvalue weighted by Gasteiger charge is -2.21. The summed E-state index contributed by atoms with van der Waals surface area (Å²) in [5.74, 6) is 2.17. The van der Waals surface area contributed by atoms with E-state index in [-0.39, 0.29) is 0 Å². The second-order valence-electron chi connectivity index (χ2n) is 7.95. The van der Waals surface area contributed by atoms with Gasteiger partial charge in [0.1, 0.15) is 5.75 Å². The molecule has 0 N–H and O–H groups in total. The van der Waals surface area contributed by atoms with Crippen LogP contribution in [0.3, 0.4) is 0 Å². The quantitative estimate of drug-likeness (QED) is 0.493. The summed E-state index contributed by atoms with van der Waals surface area (Å²) in [5, 5.41) is 0. The van der Waals surface area contributed by atoms with Crippen molar-refractivity contribution in [1.82, 2.24) is 4.98 Å². The topological polar surface area (TPSA) is 22.1 Å². The Bertz CT molecular complexity index is 869. The van der Waals surface area contributed by atoms with Crippen LogP contribution >= 0.6 is 0 Å². The molecule has 0 radical (unpaired) electrons. The fraction of sp³-hybridized carbons (Fsp3) is 0.346. The van der Waals surface area contributed by atoms with Crippen molar-refractivity contribution in [1.29, 1.82) is 0 Å². The van der Waals surface area contributed by atoms with Gasteiger partial charge < -0.3 is 4.74 Å². The molecule has 0 unspecified atom stereocenters. The Balaban J connectivity index is 1.68. The van der Waals surface area contributed by atoms with Gasteiger partial charge >= 0.3 is 0 Å². The minimum atomic E-state index is 0.330. The van der Waals surface area contributed by atoms with Gasteiger partial charge in [0, 0.05) is 18.3 Å². The van der Waals surface area contributed by atoms with Crippen LogP contribution in [0.25, 0.3) is 0 Å². The maximum absolute atomic E-state index is 5.71. The average Bonchev–Trinajstić information content (AvgIpc) is 3.26. The summed E-state index contributed by atoms with van der Waals surface area (Å²) < 4.78 is 5.71. The van der Waals surface area contributed by atoms with Crippen LogP contribution < -0.4 is 4.74 Å². The second-order valence-corrected chi connectivity index (χ2v) is 7.95. The lowest BCUT2D eigenvalue weighted by molar-refractivity contribution is 0.404. The molecule has 1 heterocycles. The molecule has 28 heavy (non-hydrogen) atoms. The van der Waals surface area contributed by atoms with Crippen LogP contribution in [0.15, 0.2) is 73.1 Å². The monoisotopic (exact) mass is 371 g/mol. The van der Waals surface area contributed by atoms with Crippen molar-refractivity contribution in [3.63, 3.8) is 0 Å². The van der Waals surface area contributed by atoms with E-state index >= 15 is 0 Å². The summed E-state index contributed by atoms with van der Waals surface area (Å²) in [6.07, 6.45) is 11.3. The zero-order valence-electron chi connectivity index (χ0n) is 16.7. The van der Waals surface area contributed by atoms with E-state index in [0.29, 0.717) is 5.92 Å². The van der Waals surface area contributed by atoms with Gasteiger partial charge in [-0.15, -0.1) is 0 Å². The molecule has 1 aliphatic carbocycles. The molecule has 2 nitrogen and oxygen atoms in total. The Morgan fingerprint density at radius 1 is 0.929 bits per heavy atom. The summed E-state index contributed by atoms with van der Waals surface area (Å²) >= 11 is 0. The van der Waals surface area contributed by atoms with Gasteiger partial charge in [0.2, 0.25) is 0 Å². The third-order valence-electron chi connectivity index (χ3n) is 6.08. The van der Waals surface area contributed by atoms with Gasteiger partial charge in [0.05, 0.1) is 7.11 Å². The first-order chi connectivity index (χ1) is 13.8. The summed E-state index contributed by atoms with van der Waals surface area (Å²) in [5.41, 5.74) is 5.41. The largest absolute Gasteiger partial charge is 0.496 e. The Morgan fingerprint density at radius 2 is 1.68 bits per heavy atom. The van der Waals surface area contributed by atoms with Gasteiger partial charge in [0.25, 0.3) is 0 Å². The van der Waals surface area contributed by atoms with Crippen LogP contribution in [0, 0.1) is 5.92 Å². The van der Waals surface area contributed by atoms with E-state index in [4.69, 9.17) is 4.74 Å². The molecule has 4 rings (SSSR count). The van der Waals surface area contributed by atoms with Crippen LogP contribution in [-0.2, 0) is 12.8 Å². The molecule has 2 heteroatoms. The third kappa shape index (κ3) is 4.44. The molecule has 0 aliphatic heterocycles. The number of rotatable bonds is 7. The van der Waals surface area contributed by atoms with Crippen LogP contribution in [0.5, 0.6) is 5.75 Å². The van der Waals surface area contributed by atoms with Crippen LogP contribution in [0.2, 0.25) is 0 Å². The Hall–Kier alpha value is -2.61. The average molecular weight is 372 g/mol. The van der Waals surface area contributed by atoms with Crippen LogP contribution in [0.1, 0.15) is 53.9 Å². The van der Waals surface area contributed by atoms with Gasteiger partial charge in [-0.3, -0.25) is 4.98 Å². The minimum Gasteiger partial charge on any atom is -0.496 e. The number of nitrogens with zero attached hydrogens (tertiary/aromatic N) is 1. The summed E-state index contributed by atoms with van der Waals surface area (Å²) in [6.45, 7) is 0. The van der Waals surface area contributed by atoms with Gasteiger partial charge in [-0.2, -0.15) is 0 Å². The van der Waals surface area contributed by atoms with Crippen molar-refractivity contribution in [2.45, 2.75) is 44.4 Å². The summed E-state index contributed by atoms with van der Waals surface area (Å²) in [7, 11) is 1.79. The highest BCUT2D eigenvalue weighted by molar-refractivity contribution is 5.43. The number of hydrogen-bond donors (Lipinski definition) is 0. The number of aromatic nitrogens is 1. The minimum absolute atomic E-state index is 0.330. The van der Waals surface area contributed by atoms with Crippen molar-refractivity contribution in [3.05, 3.63) is 95.3 Å². The molecule has 0 amide bonds. The molecule has 0 spiro atoms. The molecule has 1 fully saturated rings. The highest BCUT2D eigenvalue weighted by Gasteiger charge is 2.20. The molecule has 1 saturated carbocycles. The van der Waals surface area contributed by atoms with E-state index in [1.807, 2.05) is 12.4 Å². The molecular formula is C26H29NO. The number of benzene rings is 2. The summed E-state index contributed by atoms with van der Waals surface area (Å²) in [6, 6.07) is 21.9. The van der Waals surface area contributed by atoms with Gasteiger partial charge in [-0.05, 0) is 59.2 Å². The Morgan fingerprint density at radius 3 is 2.39 bits per heavy atom. The maximum atomic E-state index is 5.71. The maximum Gasteiger partial charge on any atom is 0.122 e. The number of pyridine rings is 1. The zero-order valence-corrected chi connectivity index (χ0v) is 16.7. The molecule has 1 aromatic heterocycles. The lowest BCUT2D eigenvalue weighted by Crippen LogP contribution is -2.08. The normalized spacial score (nSPS) is 15.5. The predicted octanol–water partition coefficient (Wildman–Crippen LogP) is 6.20. The van der Waals surface area contributed by atoms with Crippen LogP contribution in [0.4, 0.5) is 0 Å². The Kier molecular flexibility index (Phi) is 6.06. The predicted molar refractivity (Wildman–Crippen MR) is 115 cm³/mol. The smallest absolute Gasteiger partial charge is 0.122 e. The number of ether oxygens (including phenoxy) is 1. The first kappa shape index (κ1) is 18.7. The standard InChI is InChI=1S/C26H29NO/c1-28-26-12-11-23(19-24(26)17-20-7-5-6-8-20)25(22-9-3-2-4-10-22)18-21-13-15-27-16-14-21/h2-4,9-16,19-20,25H,5-8,17-18H2,1H3/t25-/m0/s1. The van der Waals surface area contributed by atoms with Gasteiger partial charge in [-0.1, -0.05) is 68.1 Å². The van der Waals surface area contributed by atoms with Crippen molar-refractivity contribution in [3.8, 4) is 5.75 Å². The van der Waals surface area contributed by atoms with E-state index in [1.54, 1.807) is 7.11 Å². The molecular weight excluding hydrogens is 342 g/mol. The fourth-order valence-corrected chi connectivity index (χ4v) is 4.57. The second kappa shape index (κ2) is 9.05. The van der Waals surface area contributed by atoms with E-state index in [0.717, 1.165) is 24.5 Å². The third-order valence-corrected chi connectivity index (χ3v) is 6.08. The van der Waals surface area contributed by atoms with Crippen molar-refractivity contribution < 1.29 is 4.74 Å². The molecule has 0 saturated heterocycles. The fourth-order valence-electron chi connectivity index (χ4n) is 4.57.